The Kier molecular flexibility index (Phi) is 5.55. The number of aliphatic hydroxyl groups is 1. The van der Waals surface area contributed by atoms with Crippen molar-refractivity contribution >= 4 is 5.97 Å². The van der Waals surface area contributed by atoms with E-state index in [1.165, 1.54) is 0 Å². The minimum atomic E-state index is -0.869. The summed E-state index contributed by atoms with van der Waals surface area (Å²) < 4.78 is 0. The number of aliphatic carboxylic acids is 1. The van der Waals surface area contributed by atoms with Gasteiger partial charge in [-0.2, -0.15) is 0 Å². The van der Waals surface area contributed by atoms with Crippen molar-refractivity contribution in [1.29, 1.82) is 0 Å². The summed E-state index contributed by atoms with van der Waals surface area (Å²) in [6, 6.07) is 7.82. The van der Waals surface area contributed by atoms with Crippen LogP contribution in [0.4, 0.5) is 0 Å². The minimum absolute atomic E-state index is 0.309. The molecular weight excluding hydrogens is 240 g/mol. The zero-order valence-corrected chi connectivity index (χ0v) is 12.0. The number of hydrogen-bond donors (Lipinski definition) is 2. The third-order valence-corrected chi connectivity index (χ3v) is 4.02. The summed E-state index contributed by atoms with van der Waals surface area (Å²) in [5.41, 5.74) is 1.28. The monoisotopic (exact) mass is 264 g/mol. The number of carboxylic acid groups (broad SMARTS) is 1. The van der Waals surface area contributed by atoms with Crippen molar-refractivity contribution in [2.75, 3.05) is 0 Å². The molecule has 106 valence electrons. The molecule has 3 heteroatoms. The normalized spacial score (nSPS) is 13.3. The van der Waals surface area contributed by atoms with Gasteiger partial charge in [-0.15, -0.1) is 0 Å². The molecule has 0 fully saturated rings. The van der Waals surface area contributed by atoms with Crippen molar-refractivity contribution in [2.24, 2.45) is 5.92 Å². The van der Waals surface area contributed by atoms with Gasteiger partial charge in [0.25, 0.3) is 0 Å². The molecule has 3 nitrogen and oxygen atoms in total. The number of rotatable bonds is 7. The molecule has 0 amide bonds. The van der Waals surface area contributed by atoms with E-state index in [-0.39, 0.29) is 0 Å². The summed E-state index contributed by atoms with van der Waals surface area (Å²) >= 11 is 0. The Balaban J connectivity index is 2.85. The van der Waals surface area contributed by atoms with Crippen LogP contribution in [-0.4, -0.2) is 21.8 Å². The Morgan fingerprint density at radius 1 is 1.26 bits per heavy atom. The highest BCUT2D eigenvalue weighted by molar-refractivity contribution is 5.70. The van der Waals surface area contributed by atoms with Gasteiger partial charge in [0.2, 0.25) is 0 Å². The van der Waals surface area contributed by atoms with Gasteiger partial charge in [0, 0.05) is 0 Å². The predicted octanol–water partition coefficient (Wildman–Crippen LogP) is 3.18. The second-order valence-electron chi connectivity index (χ2n) is 5.30. The van der Waals surface area contributed by atoms with E-state index in [9.17, 15) is 15.0 Å². The summed E-state index contributed by atoms with van der Waals surface area (Å²) in [7, 11) is 0. The van der Waals surface area contributed by atoms with Crippen molar-refractivity contribution in [3.63, 3.8) is 0 Å². The third-order valence-electron chi connectivity index (χ3n) is 4.02. The highest BCUT2D eigenvalue weighted by atomic mass is 16.4. The molecule has 0 aromatic heterocycles. The van der Waals surface area contributed by atoms with Crippen LogP contribution < -0.4 is 0 Å². The van der Waals surface area contributed by atoms with E-state index in [4.69, 9.17) is 0 Å². The molecule has 1 rings (SSSR count). The SMILES string of the molecule is CCC(O)(CC)CC(Cc1ccccc1C)C(=O)O. The summed E-state index contributed by atoms with van der Waals surface area (Å²) in [5.74, 6) is -1.37. The molecule has 0 spiro atoms. The number of carbonyl (C=O) groups is 1. The largest absolute Gasteiger partial charge is 0.481 e. The molecule has 0 aliphatic heterocycles. The molecule has 1 atom stereocenters. The molecule has 0 saturated carbocycles. The third kappa shape index (κ3) is 4.35. The zero-order valence-electron chi connectivity index (χ0n) is 12.0. The Bertz CT molecular complexity index is 422. The van der Waals surface area contributed by atoms with Gasteiger partial charge >= 0.3 is 5.97 Å². The highest BCUT2D eigenvalue weighted by Gasteiger charge is 2.30. The Hall–Kier alpha value is -1.35. The number of hydrogen-bond acceptors (Lipinski definition) is 2. The smallest absolute Gasteiger partial charge is 0.306 e. The maximum atomic E-state index is 11.4. The minimum Gasteiger partial charge on any atom is -0.481 e. The second kappa shape index (κ2) is 6.71. The van der Waals surface area contributed by atoms with Crippen molar-refractivity contribution in [1.82, 2.24) is 0 Å². The molecule has 0 bridgehead atoms. The van der Waals surface area contributed by atoms with Crippen molar-refractivity contribution in [3.8, 4) is 0 Å². The van der Waals surface area contributed by atoms with E-state index in [0.29, 0.717) is 25.7 Å². The van der Waals surface area contributed by atoms with Gasteiger partial charge in [0.15, 0.2) is 0 Å². The van der Waals surface area contributed by atoms with Gasteiger partial charge < -0.3 is 10.2 Å². The standard InChI is InChI=1S/C16H24O3/c1-4-16(19,5-2)11-14(15(17)18)10-13-9-7-6-8-12(13)3/h6-9,14,19H,4-5,10-11H2,1-3H3,(H,17,18). The molecular formula is C16H24O3. The van der Waals surface area contributed by atoms with Gasteiger partial charge in [-0.05, 0) is 43.7 Å². The molecule has 0 aliphatic carbocycles. The van der Waals surface area contributed by atoms with Crippen LogP contribution in [0.15, 0.2) is 24.3 Å². The van der Waals surface area contributed by atoms with E-state index in [2.05, 4.69) is 0 Å². The van der Waals surface area contributed by atoms with Gasteiger partial charge in [-0.1, -0.05) is 38.1 Å². The molecule has 1 aromatic rings. The number of benzene rings is 1. The van der Waals surface area contributed by atoms with E-state index in [1.807, 2.05) is 45.0 Å². The summed E-state index contributed by atoms with van der Waals surface area (Å²) in [4.78, 5) is 11.4. The van der Waals surface area contributed by atoms with Gasteiger partial charge in [-0.25, -0.2) is 0 Å². The van der Waals surface area contributed by atoms with Crippen LogP contribution >= 0.6 is 0 Å². The van der Waals surface area contributed by atoms with Crippen LogP contribution in [0.3, 0.4) is 0 Å². The first-order valence-electron chi connectivity index (χ1n) is 6.91. The average Bonchev–Trinajstić information content (AvgIpc) is 2.40. The van der Waals surface area contributed by atoms with Crippen LogP contribution in [0.1, 0.15) is 44.2 Å². The van der Waals surface area contributed by atoms with Crippen LogP contribution in [0.25, 0.3) is 0 Å². The molecule has 1 unspecified atom stereocenters. The molecule has 0 radical (unpaired) electrons. The van der Waals surface area contributed by atoms with Crippen LogP contribution in [-0.2, 0) is 11.2 Å². The van der Waals surface area contributed by atoms with E-state index in [0.717, 1.165) is 11.1 Å². The van der Waals surface area contributed by atoms with E-state index < -0.39 is 17.5 Å². The van der Waals surface area contributed by atoms with E-state index >= 15 is 0 Å². The molecule has 19 heavy (non-hydrogen) atoms. The molecule has 0 heterocycles. The first kappa shape index (κ1) is 15.7. The van der Waals surface area contributed by atoms with Gasteiger partial charge in [-0.3, -0.25) is 4.79 Å². The second-order valence-corrected chi connectivity index (χ2v) is 5.30. The predicted molar refractivity (Wildman–Crippen MR) is 76.2 cm³/mol. The fourth-order valence-electron chi connectivity index (χ4n) is 2.35. The molecule has 0 saturated heterocycles. The Morgan fingerprint density at radius 2 is 1.84 bits per heavy atom. The van der Waals surface area contributed by atoms with Crippen LogP contribution in [0.5, 0.6) is 0 Å². The lowest BCUT2D eigenvalue weighted by atomic mass is 9.83. The zero-order chi connectivity index (χ0) is 14.5. The summed E-state index contributed by atoms with van der Waals surface area (Å²) in [6.45, 7) is 5.78. The highest BCUT2D eigenvalue weighted by Crippen LogP contribution is 2.27. The summed E-state index contributed by atoms with van der Waals surface area (Å²) in [6.07, 6.45) is 1.95. The first-order chi connectivity index (χ1) is 8.91. The Morgan fingerprint density at radius 3 is 2.32 bits per heavy atom. The van der Waals surface area contributed by atoms with Gasteiger partial charge in [0.1, 0.15) is 0 Å². The number of aryl methyl sites for hydroxylation is 1. The lowest BCUT2D eigenvalue weighted by molar-refractivity contribution is -0.144. The molecule has 2 N–H and O–H groups in total. The van der Waals surface area contributed by atoms with Crippen LogP contribution in [0, 0.1) is 12.8 Å². The fraction of sp³-hybridized carbons (Fsp3) is 0.562. The molecule has 1 aromatic carbocycles. The van der Waals surface area contributed by atoms with E-state index in [1.54, 1.807) is 0 Å². The summed E-state index contributed by atoms with van der Waals surface area (Å²) in [5, 5.41) is 19.7. The average molecular weight is 264 g/mol. The number of carboxylic acids is 1. The lowest BCUT2D eigenvalue weighted by Gasteiger charge is -2.28. The molecule has 0 aliphatic rings. The maximum absolute atomic E-state index is 11.4. The first-order valence-corrected chi connectivity index (χ1v) is 6.91. The fourth-order valence-corrected chi connectivity index (χ4v) is 2.35. The van der Waals surface area contributed by atoms with Gasteiger partial charge in [0.05, 0.1) is 11.5 Å². The maximum Gasteiger partial charge on any atom is 0.306 e. The topological polar surface area (TPSA) is 57.5 Å². The quantitative estimate of drug-likeness (QED) is 0.795. The van der Waals surface area contributed by atoms with Crippen LogP contribution in [0.2, 0.25) is 0 Å². The van der Waals surface area contributed by atoms with Crippen molar-refractivity contribution < 1.29 is 15.0 Å². The lowest BCUT2D eigenvalue weighted by Crippen LogP contribution is -2.33. The van der Waals surface area contributed by atoms with Crippen molar-refractivity contribution in [2.45, 2.75) is 52.1 Å². The Labute approximate surface area is 115 Å². The van der Waals surface area contributed by atoms with Crippen molar-refractivity contribution in [3.05, 3.63) is 35.4 Å².